The van der Waals surface area contributed by atoms with E-state index in [-0.39, 0.29) is 0 Å². The number of nitrogens with one attached hydrogen (secondary N) is 1. The molecule has 4 rings (SSSR count). The number of anilines is 1. The summed E-state index contributed by atoms with van der Waals surface area (Å²) in [5.74, 6) is 0.705. The molecule has 0 radical (unpaired) electrons. The Labute approximate surface area is 135 Å². The Hall–Kier alpha value is -2.62. The highest BCUT2D eigenvalue weighted by Gasteiger charge is 2.18. The molecule has 1 N–H and O–H groups in total. The van der Waals surface area contributed by atoms with Crippen molar-refractivity contribution in [3.8, 4) is 17.0 Å². The van der Waals surface area contributed by atoms with Gasteiger partial charge in [-0.25, -0.2) is 4.98 Å². The largest absolute Gasteiger partial charge is 0.474 e. The van der Waals surface area contributed by atoms with Gasteiger partial charge in [0, 0.05) is 35.6 Å². The van der Waals surface area contributed by atoms with Crippen LogP contribution in [-0.4, -0.2) is 23.1 Å². The van der Waals surface area contributed by atoms with Crippen LogP contribution in [0.3, 0.4) is 0 Å². The molecule has 0 amide bonds. The smallest absolute Gasteiger partial charge is 0.237 e. The van der Waals surface area contributed by atoms with E-state index in [9.17, 15) is 0 Å². The first kappa shape index (κ1) is 14.0. The molecule has 0 atom stereocenters. The first-order chi connectivity index (χ1) is 11.1. The molecule has 4 heteroatoms. The van der Waals surface area contributed by atoms with E-state index in [0.717, 1.165) is 23.5 Å². The van der Waals surface area contributed by atoms with Crippen LogP contribution < -0.4 is 10.1 Å². The number of pyridine rings is 2. The zero-order valence-corrected chi connectivity index (χ0v) is 13.6. The summed E-state index contributed by atoms with van der Waals surface area (Å²) >= 11 is 0. The molecule has 0 aliphatic carbocycles. The fourth-order valence-corrected chi connectivity index (χ4v) is 3.20. The minimum Gasteiger partial charge on any atom is -0.474 e. The Balaban J connectivity index is 1.93. The van der Waals surface area contributed by atoms with Crippen molar-refractivity contribution in [2.24, 2.45) is 0 Å². The highest BCUT2D eigenvalue weighted by Crippen LogP contribution is 2.37. The molecule has 1 aromatic carbocycles. The summed E-state index contributed by atoms with van der Waals surface area (Å²) in [5, 5.41) is 5.79. The van der Waals surface area contributed by atoms with Gasteiger partial charge in [-0.1, -0.05) is 0 Å². The molecule has 1 aliphatic heterocycles. The van der Waals surface area contributed by atoms with Gasteiger partial charge in [0.2, 0.25) is 5.88 Å². The van der Waals surface area contributed by atoms with E-state index in [1.165, 1.54) is 27.5 Å². The van der Waals surface area contributed by atoms with Gasteiger partial charge in [0.05, 0.1) is 0 Å². The highest BCUT2D eigenvalue weighted by molar-refractivity contribution is 5.90. The molecule has 116 valence electrons. The molecule has 3 heterocycles. The zero-order valence-electron chi connectivity index (χ0n) is 13.6. The quantitative estimate of drug-likeness (QED) is 0.737. The van der Waals surface area contributed by atoms with E-state index < -0.39 is 0 Å². The van der Waals surface area contributed by atoms with Crippen LogP contribution in [0.25, 0.3) is 21.9 Å². The molecule has 4 nitrogen and oxygen atoms in total. The molecule has 0 saturated carbocycles. The number of hydrogen-bond donors (Lipinski definition) is 1. The second-order valence-corrected chi connectivity index (χ2v) is 6.09. The number of nitrogens with zero attached hydrogens (tertiary/aromatic N) is 2. The Morgan fingerprint density at radius 2 is 1.83 bits per heavy atom. The highest BCUT2D eigenvalue weighted by atomic mass is 16.5. The molecular weight excluding hydrogens is 286 g/mol. The van der Waals surface area contributed by atoms with E-state index >= 15 is 0 Å². The first-order valence-corrected chi connectivity index (χ1v) is 7.87. The second-order valence-electron chi connectivity index (χ2n) is 6.09. The van der Waals surface area contributed by atoms with E-state index in [4.69, 9.17) is 4.74 Å². The molecule has 2 aromatic heterocycles. The lowest BCUT2D eigenvalue weighted by atomic mass is 9.94. The maximum absolute atomic E-state index is 5.63. The third kappa shape index (κ3) is 2.31. The van der Waals surface area contributed by atoms with Crippen LogP contribution in [0.2, 0.25) is 0 Å². The van der Waals surface area contributed by atoms with Crippen LogP contribution in [0.1, 0.15) is 16.8 Å². The van der Waals surface area contributed by atoms with E-state index in [0.29, 0.717) is 12.5 Å². The maximum Gasteiger partial charge on any atom is 0.237 e. The van der Waals surface area contributed by atoms with Crippen molar-refractivity contribution in [2.45, 2.75) is 20.8 Å². The summed E-state index contributed by atoms with van der Waals surface area (Å²) in [4.78, 5) is 8.89. The van der Waals surface area contributed by atoms with Crippen LogP contribution >= 0.6 is 0 Å². The van der Waals surface area contributed by atoms with Crippen molar-refractivity contribution >= 4 is 16.5 Å². The Morgan fingerprint density at radius 1 is 0.957 bits per heavy atom. The van der Waals surface area contributed by atoms with Gasteiger partial charge >= 0.3 is 0 Å². The molecule has 23 heavy (non-hydrogen) atoms. The van der Waals surface area contributed by atoms with Gasteiger partial charge in [0.25, 0.3) is 0 Å². The maximum atomic E-state index is 5.63. The predicted octanol–water partition coefficient (Wildman–Crippen LogP) is 4.03. The van der Waals surface area contributed by atoms with Crippen LogP contribution in [0.15, 0.2) is 30.6 Å². The number of rotatable bonds is 1. The number of ether oxygens (including phenoxy) is 1. The zero-order chi connectivity index (χ0) is 16.0. The van der Waals surface area contributed by atoms with Crippen LogP contribution in [0, 0.1) is 20.8 Å². The third-order valence-corrected chi connectivity index (χ3v) is 4.44. The Morgan fingerprint density at radius 3 is 2.70 bits per heavy atom. The van der Waals surface area contributed by atoms with Gasteiger partial charge in [-0.15, -0.1) is 0 Å². The van der Waals surface area contributed by atoms with E-state index in [1.807, 2.05) is 19.3 Å². The lowest BCUT2D eigenvalue weighted by Gasteiger charge is -2.22. The first-order valence-electron chi connectivity index (χ1n) is 7.87. The lowest BCUT2D eigenvalue weighted by Crippen LogP contribution is -2.20. The van der Waals surface area contributed by atoms with Gasteiger partial charge in [-0.05, 0) is 61.0 Å². The van der Waals surface area contributed by atoms with Crippen molar-refractivity contribution < 1.29 is 4.74 Å². The van der Waals surface area contributed by atoms with Crippen molar-refractivity contribution in [3.63, 3.8) is 0 Å². The van der Waals surface area contributed by atoms with Crippen LogP contribution in [0.5, 0.6) is 5.88 Å². The van der Waals surface area contributed by atoms with E-state index in [1.54, 1.807) is 0 Å². The molecule has 0 spiro atoms. The van der Waals surface area contributed by atoms with Crippen molar-refractivity contribution in [1.82, 2.24) is 9.97 Å². The predicted molar refractivity (Wildman–Crippen MR) is 93.2 cm³/mol. The summed E-state index contributed by atoms with van der Waals surface area (Å²) in [7, 11) is 0. The average molecular weight is 305 g/mol. The molecule has 0 unspecified atom stereocenters. The fraction of sp³-hybridized carbons (Fsp3) is 0.263. The minimum absolute atomic E-state index is 0.667. The molecule has 0 bridgehead atoms. The van der Waals surface area contributed by atoms with Crippen LogP contribution in [0.4, 0.5) is 5.69 Å². The van der Waals surface area contributed by atoms with Crippen LogP contribution in [-0.2, 0) is 0 Å². The van der Waals surface area contributed by atoms with Crippen molar-refractivity contribution in [2.75, 3.05) is 18.5 Å². The number of hydrogen-bond acceptors (Lipinski definition) is 4. The lowest BCUT2D eigenvalue weighted by molar-refractivity contribution is 0.310. The molecule has 3 aromatic rings. The molecule has 0 saturated heterocycles. The SMILES string of the molecule is Cc1cc2cc(-c3cnc4c(c3C)NCCO4)c(C)cc2cn1. The Bertz CT molecular complexity index is 918. The number of benzene rings is 1. The van der Waals surface area contributed by atoms with E-state index in [2.05, 4.69) is 47.3 Å². The summed E-state index contributed by atoms with van der Waals surface area (Å²) < 4.78 is 5.63. The minimum atomic E-state index is 0.667. The van der Waals surface area contributed by atoms with Gasteiger partial charge in [0.1, 0.15) is 12.3 Å². The fourth-order valence-electron chi connectivity index (χ4n) is 3.20. The monoisotopic (exact) mass is 305 g/mol. The summed E-state index contributed by atoms with van der Waals surface area (Å²) in [6.07, 6.45) is 3.86. The Kier molecular flexibility index (Phi) is 3.18. The summed E-state index contributed by atoms with van der Waals surface area (Å²) in [5.41, 5.74) is 6.81. The molecular formula is C19H19N3O. The van der Waals surface area contributed by atoms with Gasteiger partial charge in [0.15, 0.2) is 0 Å². The number of aromatic nitrogens is 2. The molecule has 1 aliphatic rings. The van der Waals surface area contributed by atoms with Gasteiger partial charge in [-0.3, -0.25) is 4.98 Å². The number of fused-ring (bicyclic) bond motifs is 2. The van der Waals surface area contributed by atoms with Crippen molar-refractivity contribution in [1.29, 1.82) is 0 Å². The standard InChI is InChI=1S/C19H19N3O/c1-11-6-15-9-21-12(2)7-14(15)8-16(11)17-10-22-19-18(13(17)3)20-4-5-23-19/h6-10,20H,4-5H2,1-3H3. The summed E-state index contributed by atoms with van der Waals surface area (Å²) in [6.45, 7) is 7.77. The van der Waals surface area contributed by atoms with Crippen molar-refractivity contribution in [3.05, 3.63) is 47.4 Å². The van der Waals surface area contributed by atoms with Gasteiger partial charge in [-0.2, -0.15) is 0 Å². The topological polar surface area (TPSA) is 47.0 Å². The normalized spacial score (nSPS) is 13.3. The second kappa shape index (κ2) is 5.23. The third-order valence-electron chi connectivity index (χ3n) is 4.44. The average Bonchev–Trinajstić information content (AvgIpc) is 2.56. The number of aryl methyl sites for hydroxylation is 2. The summed E-state index contributed by atoms with van der Waals surface area (Å²) in [6, 6.07) is 6.56. The molecule has 0 fully saturated rings. The van der Waals surface area contributed by atoms with Gasteiger partial charge < -0.3 is 10.1 Å².